The van der Waals surface area contributed by atoms with Gasteiger partial charge in [0.25, 0.3) is 5.91 Å². The number of aliphatic hydroxyl groups is 1. The molecular formula is C9H14N4O3. The van der Waals surface area contributed by atoms with E-state index >= 15 is 0 Å². The Hall–Kier alpha value is -1.60. The van der Waals surface area contributed by atoms with Crippen LogP contribution in [0, 0.1) is 0 Å². The highest BCUT2D eigenvalue weighted by molar-refractivity contribution is 5.93. The maximum absolute atomic E-state index is 11.7. The fraction of sp³-hybridized carbons (Fsp3) is 0.556. The molecule has 1 amide bonds. The number of aromatic amines is 1. The first-order chi connectivity index (χ1) is 7.74. The van der Waals surface area contributed by atoms with Crippen LogP contribution in [0.25, 0.3) is 0 Å². The van der Waals surface area contributed by atoms with Crippen LogP contribution in [0.15, 0.2) is 4.79 Å². The summed E-state index contributed by atoms with van der Waals surface area (Å²) in [6.07, 6.45) is 0. The topological polar surface area (TPSA) is 99.2 Å². The molecular weight excluding hydrogens is 212 g/mol. The highest BCUT2D eigenvalue weighted by Crippen LogP contribution is 2.07. The fourth-order valence-corrected chi connectivity index (χ4v) is 1.77. The number of nitrogens with zero attached hydrogens (tertiary/aromatic N) is 1. The molecule has 2 rings (SSSR count). The van der Waals surface area contributed by atoms with Crippen molar-refractivity contribution in [3.05, 3.63) is 21.9 Å². The van der Waals surface area contributed by atoms with Gasteiger partial charge in [-0.3, -0.25) is 9.36 Å². The Morgan fingerprint density at radius 3 is 3.12 bits per heavy atom. The summed E-state index contributed by atoms with van der Waals surface area (Å²) < 4.78 is 1.56. The first kappa shape index (κ1) is 10.9. The quantitative estimate of drug-likeness (QED) is 0.479. The van der Waals surface area contributed by atoms with E-state index in [2.05, 4.69) is 15.6 Å². The summed E-state index contributed by atoms with van der Waals surface area (Å²) in [5.41, 5.74) is 0.697. The average molecular weight is 226 g/mol. The zero-order valence-electron chi connectivity index (χ0n) is 8.75. The first-order valence-corrected chi connectivity index (χ1v) is 5.15. The predicted molar refractivity (Wildman–Crippen MR) is 56.2 cm³/mol. The van der Waals surface area contributed by atoms with E-state index in [4.69, 9.17) is 5.11 Å². The molecule has 1 aliphatic heterocycles. The number of carbonyl (C=O) groups is 1. The molecule has 16 heavy (non-hydrogen) atoms. The molecule has 0 fully saturated rings. The van der Waals surface area contributed by atoms with Gasteiger partial charge in [-0.1, -0.05) is 0 Å². The molecule has 7 heteroatoms. The molecule has 88 valence electrons. The molecule has 4 N–H and O–H groups in total. The molecule has 0 atom stereocenters. The molecule has 0 radical (unpaired) electrons. The van der Waals surface area contributed by atoms with Crippen LogP contribution in [-0.2, 0) is 13.1 Å². The third kappa shape index (κ3) is 1.86. The predicted octanol–water partition coefficient (Wildman–Crippen LogP) is -2.00. The number of H-pyrrole nitrogens is 1. The number of aliphatic hydroxyl groups excluding tert-OH is 1. The Morgan fingerprint density at radius 2 is 2.38 bits per heavy atom. The summed E-state index contributed by atoms with van der Waals surface area (Å²) in [5, 5.41) is 14.2. The summed E-state index contributed by atoms with van der Waals surface area (Å²) in [5.74, 6) is -0.358. The number of aromatic nitrogens is 2. The van der Waals surface area contributed by atoms with Gasteiger partial charge in [0.05, 0.1) is 12.3 Å². The lowest BCUT2D eigenvalue weighted by atomic mass is 10.2. The molecule has 2 heterocycles. The first-order valence-electron chi connectivity index (χ1n) is 5.15. The highest BCUT2D eigenvalue weighted by Gasteiger charge is 2.21. The summed E-state index contributed by atoms with van der Waals surface area (Å²) in [4.78, 5) is 25.7. The molecule has 0 bridgehead atoms. The minimum Gasteiger partial charge on any atom is -0.395 e. The molecule has 0 aromatic carbocycles. The molecule has 0 saturated carbocycles. The second-order valence-electron chi connectivity index (χ2n) is 3.56. The smallest absolute Gasteiger partial charge is 0.326 e. The van der Waals surface area contributed by atoms with Gasteiger partial charge in [-0.05, 0) is 0 Å². The van der Waals surface area contributed by atoms with E-state index in [-0.39, 0.29) is 30.4 Å². The van der Waals surface area contributed by atoms with Gasteiger partial charge < -0.3 is 20.7 Å². The SMILES string of the molecule is O=C(NCCO)c1[nH]c(=O)n2c1CNCC2. The van der Waals surface area contributed by atoms with Gasteiger partial charge in [0.1, 0.15) is 5.69 Å². The normalized spacial score (nSPS) is 14.6. The van der Waals surface area contributed by atoms with Crippen molar-refractivity contribution in [1.29, 1.82) is 0 Å². The number of hydrogen-bond donors (Lipinski definition) is 4. The van der Waals surface area contributed by atoms with Crippen LogP contribution in [0.2, 0.25) is 0 Å². The van der Waals surface area contributed by atoms with Crippen LogP contribution >= 0.6 is 0 Å². The summed E-state index contributed by atoms with van der Waals surface area (Å²) in [6, 6.07) is 0. The van der Waals surface area contributed by atoms with Crippen LogP contribution in [-0.4, -0.2) is 40.3 Å². The average Bonchev–Trinajstić information content (AvgIpc) is 2.65. The Morgan fingerprint density at radius 1 is 1.56 bits per heavy atom. The minimum absolute atomic E-state index is 0.121. The molecule has 1 aliphatic rings. The summed E-state index contributed by atoms with van der Waals surface area (Å²) in [6.45, 7) is 1.85. The van der Waals surface area contributed by atoms with Crippen molar-refractivity contribution in [2.75, 3.05) is 19.7 Å². The maximum atomic E-state index is 11.7. The number of amides is 1. The van der Waals surface area contributed by atoms with Gasteiger partial charge in [-0.2, -0.15) is 0 Å². The standard InChI is InChI=1S/C9H14N4O3/c14-4-2-11-8(15)7-6-5-10-1-3-13(6)9(16)12-7/h10,14H,1-5H2,(H,11,15)(H,12,16). The minimum atomic E-state index is -0.358. The van der Waals surface area contributed by atoms with E-state index < -0.39 is 0 Å². The van der Waals surface area contributed by atoms with Gasteiger partial charge in [0.15, 0.2) is 0 Å². The third-order valence-corrected chi connectivity index (χ3v) is 2.52. The lowest BCUT2D eigenvalue weighted by Crippen LogP contribution is -2.34. The molecule has 1 aromatic heterocycles. The van der Waals surface area contributed by atoms with Crippen molar-refractivity contribution in [3.8, 4) is 0 Å². The van der Waals surface area contributed by atoms with Crippen molar-refractivity contribution in [2.24, 2.45) is 0 Å². The van der Waals surface area contributed by atoms with Crippen molar-refractivity contribution < 1.29 is 9.90 Å². The van der Waals surface area contributed by atoms with Crippen LogP contribution in [0.5, 0.6) is 0 Å². The summed E-state index contributed by atoms with van der Waals surface area (Å²) in [7, 11) is 0. The van der Waals surface area contributed by atoms with Crippen molar-refractivity contribution >= 4 is 5.91 Å². The van der Waals surface area contributed by atoms with Crippen molar-refractivity contribution in [3.63, 3.8) is 0 Å². The van der Waals surface area contributed by atoms with E-state index in [9.17, 15) is 9.59 Å². The van der Waals surface area contributed by atoms with Crippen molar-refractivity contribution in [2.45, 2.75) is 13.1 Å². The maximum Gasteiger partial charge on any atom is 0.326 e. The molecule has 1 aromatic rings. The Labute approximate surface area is 91.5 Å². The van der Waals surface area contributed by atoms with E-state index in [1.54, 1.807) is 4.57 Å². The lowest BCUT2D eigenvalue weighted by Gasteiger charge is -2.15. The molecule has 0 saturated heterocycles. The number of hydrogen-bond acceptors (Lipinski definition) is 4. The van der Waals surface area contributed by atoms with Gasteiger partial charge in [0.2, 0.25) is 0 Å². The third-order valence-electron chi connectivity index (χ3n) is 2.52. The number of fused-ring (bicyclic) bond motifs is 1. The Balaban J connectivity index is 2.27. The molecule has 0 aliphatic carbocycles. The van der Waals surface area contributed by atoms with Gasteiger partial charge in [-0.15, -0.1) is 0 Å². The summed E-state index contributed by atoms with van der Waals surface area (Å²) >= 11 is 0. The largest absolute Gasteiger partial charge is 0.395 e. The molecule has 0 spiro atoms. The van der Waals surface area contributed by atoms with Gasteiger partial charge in [-0.25, -0.2) is 4.79 Å². The molecule has 0 unspecified atom stereocenters. The second-order valence-corrected chi connectivity index (χ2v) is 3.56. The zero-order chi connectivity index (χ0) is 11.5. The van der Waals surface area contributed by atoms with Crippen LogP contribution < -0.4 is 16.3 Å². The van der Waals surface area contributed by atoms with E-state index in [1.807, 2.05) is 0 Å². The van der Waals surface area contributed by atoms with Crippen LogP contribution in [0.3, 0.4) is 0 Å². The van der Waals surface area contributed by atoms with E-state index in [0.29, 0.717) is 18.8 Å². The van der Waals surface area contributed by atoms with Crippen LogP contribution in [0.4, 0.5) is 0 Å². The number of nitrogens with one attached hydrogen (secondary N) is 3. The second kappa shape index (κ2) is 4.50. The fourth-order valence-electron chi connectivity index (χ4n) is 1.77. The van der Waals surface area contributed by atoms with E-state index in [0.717, 1.165) is 6.54 Å². The van der Waals surface area contributed by atoms with Gasteiger partial charge >= 0.3 is 5.69 Å². The van der Waals surface area contributed by atoms with Crippen LogP contribution in [0.1, 0.15) is 16.2 Å². The molecule has 7 nitrogen and oxygen atoms in total. The number of rotatable bonds is 3. The van der Waals surface area contributed by atoms with Gasteiger partial charge in [0, 0.05) is 26.2 Å². The Kier molecular flexibility index (Phi) is 3.07. The Bertz CT molecular complexity index is 448. The highest BCUT2D eigenvalue weighted by atomic mass is 16.3. The number of imidazole rings is 1. The zero-order valence-corrected chi connectivity index (χ0v) is 8.75. The van der Waals surface area contributed by atoms with E-state index in [1.165, 1.54) is 0 Å². The lowest BCUT2D eigenvalue weighted by molar-refractivity contribution is 0.0938. The number of carbonyl (C=O) groups excluding carboxylic acids is 1. The monoisotopic (exact) mass is 226 g/mol. The van der Waals surface area contributed by atoms with Crippen molar-refractivity contribution in [1.82, 2.24) is 20.2 Å².